The highest BCUT2D eigenvalue weighted by molar-refractivity contribution is 8.00. The third-order valence-electron chi connectivity index (χ3n) is 3.82. The van der Waals surface area contributed by atoms with E-state index in [9.17, 15) is 0 Å². The van der Waals surface area contributed by atoms with Crippen LogP contribution in [0.1, 0.15) is 46.0 Å². The van der Waals surface area contributed by atoms with Crippen LogP contribution in [0.25, 0.3) is 0 Å². The first-order chi connectivity index (χ1) is 8.79. The van der Waals surface area contributed by atoms with E-state index in [1.807, 2.05) is 0 Å². The van der Waals surface area contributed by atoms with Gasteiger partial charge < -0.3 is 5.32 Å². The van der Waals surface area contributed by atoms with E-state index in [4.69, 9.17) is 0 Å². The van der Waals surface area contributed by atoms with E-state index in [-0.39, 0.29) is 0 Å². The quantitative estimate of drug-likeness (QED) is 0.759. The minimum atomic E-state index is 0.745. The summed E-state index contributed by atoms with van der Waals surface area (Å²) in [5, 5.41) is 4.46. The van der Waals surface area contributed by atoms with E-state index >= 15 is 0 Å². The summed E-state index contributed by atoms with van der Waals surface area (Å²) >= 11 is 2.07. The van der Waals surface area contributed by atoms with Crippen molar-refractivity contribution in [3.63, 3.8) is 0 Å². The number of hydrogen-bond acceptors (Lipinski definition) is 2. The van der Waals surface area contributed by atoms with Crippen molar-refractivity contribution >= 4 is 17.4 Å². The zero-order chi connectivity index (χ0) is 12.8. The van der Waals surface area contributed by atoms with Crippen LogP contribution in [0.2, 0.25) is 0 Å². The number of benzene rings is 1. The minimum Gasteiger partial charge on any atom is -0.384 e. The van der Waals surface area contributed by atoms with E-state index in [1.54, 1.807) is 0 Å². The van der Waals surface area contributed by atoms with Crippen molar-refractivity contribution in [2.45, 2.75) is 56.1 Å². The standard InChI is InChI=1S/C16H25NS/c1-3-13(2)12-17-15-10-6-7-11-16(15)18-14-8-4-5-9-14/h6-7,10-11,13-14,17H,3-5,8-9,12H2,1-2H3. The number of thioether (sulfide) groups is 1. The van der Waals surface area contributed by atoms with Crippen LogP contribution in [-0.4, -0.2) is 11.8 Å². The van der Waals surface area contributed by atoms with Gasteiger partial charge in [-0.3, -0.25) is 0 Å². The van der Waals surface area contributed by atoms with Gasteiger partial charge in [0.2, 0.25) is 0 Å². The number of para-hydroxylation sites is 1. The second kappa shape index (κ2) is 7.08. The molecule has 0 heterocycles. The molecule has 0 radical (unpaired) electrons. The molecule has 1 atom stereocenters. The van der Waals surface area contributed by atoms with Crippen molar-refractivity contribution in [2.24, 2.45) is 5.92 Å². The van der Waals surface area contributed by atoms with Crippen LogP contribution in [-0.2, 0) is 0 Å². The molecule has 1 nitrogen and oxygen atoms in total. The van der Waals surface area contributed by atoms with Gasteiger partial charge in [-0.25, -0.2) is 0 Å². The Morgan fingerprint density at radius 2 is 2.00 bits per heavy atom. The van der Waals surface area contributed by atoms with Crippen LogP contribution in [0.5, 0.6) is 0 Å². The summed E-state index contributed by atoms with van der Waals surface area (Å²) in [6.45, 7) is 5.64. The van der Waals surface area contributed by atoms with Crippen LogP contribution in [0.15, 0.2) is 29.2 Å². The van der Waals surface area contributed by atoms with Gasteiger partial charge in [0, 0.05) is 22.4 Å². The van der Waals surface area contributed by atoms with E-state index in [2.05, 4.69) is 55.2 Å². The Hall–Kier alpha value is -0.630. The maximum absolute atomic E-state index is 3.62. The fourth-order valence-electron chi connectivity index (χ4n) is 2.33. The Bertz CT molecular complexity index is 358. The third kappa shape index (κ3) is 3.94. The molecule has 0 bridgehead atoms. The Morgan fingerprint density at radius 3 is 2.72 bits per heavy atom. The Morgan fingerprint density at radius 1 is 1.28 bits per heavy atom. The van der Waals surface area contributed by atoms with Crippen LogP contribution in [0.3, 0.4) is 0 Å². The van der Waals surface area contributed by atoms with Gasteiger partial charge in [-0.2, -0.15) is 0 Å². The van der Waals surface area contributed by atoms with Gasteiger partial charge in [-0.1, -0.05) is 45.2 Å². The van der Waals surface area contributed by atoms with E-state index in [0.717, 1.165) is 17.7 Å². The largest absolute Gasteiger partial charge is 0.384 e. The zero-order valence-corrected chi connectivity index (χ0v) is 12.4. The van der Waals surface area contributed by atoms with Gasteiger partial charge in [0.15, 0.2) is 0 Å². The summed E-state index contributed by atoms with van der Waals surface area (Å²) in [5.74, 6) is 0.745. The van der Waals surface area contributed by atoms with E-state index in [0.29, 0.717) is 0 Å². The summed E-state index contributed by atoms with van der Waals surface area (Å²) in [5.41, 5.74) is 1.33. The van der Waals surface area contributed by atoms with Crippen molar-refractivity contribution in [1.82, 2.24) is 0 Å². The van der Waals surface area contributed by atoms with Crippen LogP contribution >= 0.6 is 11.8 Å². The second-order valence-electron chi connectivity index (χ2n) is 5.41. The lowest BCUT2D eigenvalue weighted by atomic mass is 10.1. The predicted octanol–water partition coefficient (Wildman–Crippen LogP) is 5.18. The summed E-state index contributed by atoms with van der Waals surface area (Å²) in [6, 6.07) is 8.78. The van der Waals surface area contributed by atoms with Crippen molar-refractivity contribution in [1.29, 1.82) is 0 Å². The predicted molar refractivity (Wildman–Crippen MR) is 82.5 cm³/mol. The molecule has 1 fully saturated rings. The fraction of sp³-hybridized carbons (Fsp3) is 0.625. The average Bonchev–Trinajstić information content (AvgIpc) is 2.90. The summed E-state index contributed by atoms with van der Waals surface area (Å²) in [7, 11) is 0. The molecule has 100 valence electrons. The van der Waals surface area contributed by atoms with Gasteiger partial charge in [0.05, 0.1) is 0 Å². The minimum absolute atomic E-state index is 0.745. The third-order valence-corrected chi connectivity index (χ3v) is 5.24. The molecule has 1 N–H and O–H groups in total. The topological polar surface area (TPSA) is 12.0 Å². The molecule has 0 saturated heterocycles. The molecule has 1 aromatic carbocycles. The van der Waals surface area contributed by atoms with Crippen LogP contribution in [0, 0.1) is 5.92 Å². The molecular formula is C16H25NS. The summed E-state index contributed by atoms with van der Waals surface area (Å²) in [6.07, 6.45) is 6.86. The molecule has 1 aliphatic carbocycles. The molecule has 0 aromatic heterocycles. The first kappa shape index (κ1) is 13.8. The first-order valence-electron chi connectivity index (χ1n) is 7.29. The molecule has 0 spiro atoms. The molecule has 18 heavy (non-hydrogen) atoms. The van der Waals surface area contributed by atoms with E-state index in [1.165, 1.54) is 42.7 Å². The lowest BCUT2D eigenvalue weighted by Gasteiger charge is -2.16. The van der Waals surface area contributed by atoms with Crippen molar-refractivity contribution in [3.05, 3.63) is 24.3 Å². The summed E-state index contributed by atoms with van der Waals surface area (Å²) in [4.78, 5) is 1.44. The number of nitrogens with one attached hydrogen (secondary N) is 1. The summed E-state index contributed by atoms with van der Waals surface area (Å²) < 4.78 is 0. The Balaban J connectivity index is 1.95. The number of rotatable bonds is 6. The second-order valence-corrected chi connectivity index (χ2v) is 6.76. The maximum atomic E-state index is 3.62. The maximum Gasteiger partial charge on any atom is 0.0478 e. The fourth-order valence-corrected chi connectivity index (χ4v) is 3.68. The highest BCUT2D eigenvalue weighted by Gasteiger charge is 2.17. The molecule has 2 rings (SSSR count). The SMILES string of the molecule is CCC(C)CNc1ccccc1SC1CCCC1. The molecule has 0 aliphatic heterocycles. The Kier molecular flexibility index (Phi) is 5.43. The smallest absolute Gasteiger partial charge is 0.0478 e. The normalized spacial score (nSPS) is 17.9. The molecule has 1 unspecified atom stereocenters. The van der Waals surface area contributed by atoms with E-state index < -0.39 is 0 Å². The van der Waals surface area contributed by atoms with Gasteiger partial charge in [0.25, 0.3) is 0 Å². The lowest BCUT2D eigenvalue weighted by Crippen LogP contribution is -2.11. The monoisotopic (exact) mass is 263 g/mol. The lowest BCUT2D eigenvalue weighted by molar-refractivity contribution is 0.593. The molecule has 2 heteroatoms. The van der Waals surface area contributed by atoms with Crippen LogP contribution in [0.4, 0.5) is 5.69 Å². The van der Waals surface area contributed by atoms with Gasteiger partial charge in [-0.15, -0.1) is 11.8 Å². The highest BCUT2D eigenvalue weighted by atomic mass is 32.2. The van der Waals surface area contributed by atoms with Gasteiger partial charge in [0.1, 0.15) is 0 Å². The molecule has 1 saturated carbocycles. The number of anilines is 1. The van der Waals surface area contributed by atoms with Gasteiger partial charge in [-0.05, 0) is 30.9 Å². The average molecular weight is 263 g/mol. The molecule has 0 amide bonds. The first-order valence-corrected chi connectivity index (χ1v) is 8.17. The zero-order valence-electron chi connectivity index (χ0n) is 11.6. The van der Waals surface area contributed by atoms with Crippen molar-refractivity contribution < 1.29 is 0 Å². The highest BCUT2D eigenvalue weighted by Crippen LogP contribution is 2.37. The van der Waals surface area contributed by atoms with Crippen molar-refractivity contribution in [3.8, 4) is 0 Å². The van der Waals surface area contributed by atoms with Crippen molar-refractivity contribution in [2.75, 3.05) is 11.9 Å². The van der Waals surface area contributed by atoms with Gasteiger partial charge >= 0.3 is 0 Å². The molecule has 1 aliphatic rings. The number of hydrogen-bond donors (Lipinski definition) is 1. The molecule has 1 aromatic rings. The Labute approximate surface area is 116 Å². The van der Waals surface area contributed by atoms with Crippen LogP contribution < -0.4 is 5.32 Å². The molecular weight excluding hydrogens is 238 g/mol.